The minimum absolute atomic E-state index is 0.0257. The molecule has 0 spiro atoms. The quantitative estimate of drug-likeness (QED) is 0.480. The molecule has 206 valence electrons. The molecule has 1 atom stereocenters. The highest BCUT2D eigenvalue weighted by Gasteiger charge is 2.30. The number of piperazine rings is 1. The van der Waals surface area contributed by atoms with Crippen LogP contribution in [-0.2, 0) is 4.74 Å². The minimum Gasteiger partial charge on any atom is -0.444 e. The van der Waals surface area contributed by atoms with Crippen molar-refractivity contribution >= 4 is 40.4 Å². The molecule has 13 heteroatoms. The Morgan fingerprint density at radius 1 is 1.23 bits per heavy atom. The third-order valence-electron chi connectivity index (χ3n) is 6.29. The number of halogens is 1. The summed E-state index contributed by atoms with van der Waals surface area (Å²) in [5.41, 5.74) is 6.08. The Morgan fingerprint density at radius 3 is 2.54 bits per heavy atom. The van der Waals surface area contributed by atoms with Crippen molar-refractivity contribution in [3.05, 3.63) is 50.7 Å². The van der Waals surface area contributed by atoms with Crippen LogP contribution in [0.1, 0.15) is 57.2 Å². The number of carbonyl (C=O) groups excluding carboxylic acids is 1. The number of fused-ring (bicyclic) bond motifs is 1. The molecule has 0 aliphatic carbocycles. The van der Waals surface area contributed by atoms with Crippen LogP contribution in [0.2, 0.25) is 5.02 Å². The van der Waals surface area contributed by atoms with Crippen molar-refractivity contribution in [3.63, 3.8) is 0 Å². The number of carbonyl (C=O) groups is 1. The summed E-state index contributed by atoms with van der Waals surface area (Å²) in [5.74, 6) is 0.704. The van der Waals surface area contributed by atoms with Crippen molar-refractivity contribution in [2.24, 2.45) is 0 Å². The third-order valence-corrected chi connectivity index (χ3v) is 6.61. The zero-order chi connectivity index (χ0) is 28.5. The fraction of sp³-hybridized carbons (Fsp3) is 0.462. The number of aryl methyl sites for hydroxylation is 1. The van der Waals surface area contributed by atoms with E-state index in [1.54, 1.807) is 30.0 Å². The van der Waals surface area contributed by atoms with Crippen LogP contribution in [-0.4, -0.2) is 62.4 Å². The molecule has 1 fully saturated rings. The van der Waals surface area contributed by atoms with Crippen LogP contribution in [0, 0.1) is 18.3 Å². The van der Waals surface area contributed by atoms with Crippen molar-refractivity contribution in [2.45, 2.75) is 52.7 Å². The molecule has 12 nitrogen and oxygen atoms in total. The Balaban J connectivity index is 1.77. The summed E-state index contributed by atoms with van der Waals surface area (Å²) >= 11 is 6.45. The van der Waals surface area contributed by atoms with Crippen LogP contribution in [0.4, 0.5) is 16.6 Å². The van der Waals surface area contributed by atoms with Gasteiger partial charge >= 0.3 is 6.09 Å². The van der Waals surface area contributed by atoms with Gasteiger partial charge in [-0.2, -0.15) is 10.2 Å². The van der Waals surface area contributed by atoms with Crippen LogP contribution in [0.25, 0.3) is 10.9 Å². The number of amides is 1. The van der Waals surface area contributed by atoms with Crippen LogP contribution < -0.4 is 21.6 Å². The van der Waals surface area contributed by atoms with E-state index in [2.05, 4.69) is 21.4 Å². The van der Waals surface area contributed by atoms with Crippen molar-refractivity contribution in [2.75, 3.05) is 42.2 Å². The van der Waals surface area contributed by atoms with Crippen molar-refractivity contribution in [3.8, 4) is 6.07 Å². The maximum absolute atomic E-state index is 13.9. The van der Waals surface area contributed by atoms with Gasteiger partial charge in [-0.25, -0.2) is 19.4 Å². The van der Waals surface area contributed by atoms with E-state index >= 15 is 0 Å². The maximum atomic E-state index is 13.9. The smallest absolute Gasteiger partial charge is 0.410 e. The lowest BCUT2D eigenvalue weighted by Crippen LogP contribution is -2.57. The van der Waals surface area contributed by atoms with E-state index in [-0.39, 0.29) is 22.9 Å². The monoisotopic (exact) mass is 553 g/mol. The van der Waals surface area contributed by atoms with Crippen LogP contribution in [0.5, 0.6) is 0 Å². The zero-order valence-corrected chi connectivity index (χ0v) is 23.4. The molecular weight excluding hydrogens is 522 g/mol. The predicted molar refractivity (Wildman–Crippen MR) is 149 cm³/mol. The number of nitrogens with one attached hydrogen (secondary N) is 1. The van der Waals surface area contributed by atoms with Crippen molar-refractivity contribution < 1.29 is 9.53 Å². The molecule has 4 rings (SSSR count). The van der Waals surface area contributed by atoms with Crippen LogP contribution in [0.3, 0.4) is 0 Å². The highest BCUT2D eigenvalue weighted by atomic mass is 35.5. The van der Waals surface area contributed by atoms with E-state index < -0.39 is 17.7 Å². The number of benzene rings is 1. The number of nitrogens with zero attached hydrogens (tertiary/aromatic N) is 7. The Kier molecular flexibility index (Phi) is 7.83. The van der Waals surface area contributed by atoms with Crippen molar-refractivity contribution in [1.82, 2.24) is 24.5 Å². The van der Waals surface area contributed by atoms with E-state index in [4.69, 9.17) is 27.1 Å². The number of nitrogens with two attached hydrogens (primary N) is 1. The van der Waals surface area contributed by atoms with Gasteiger partial charge in [-0.05, 0) is 46.2 Å². The molecule has 1 saturated heterocycles. The molecule has 0 radical (unpaired) electrons. The topological polar surface area (TPSA) is 155 Å². The summed E-state index contributed by atoms with van der Waals surface area (Å²) in [5, 5.41) is 15.4. The maximum Gasteiger partial charge on any atom is 0.410 e. The third kappa shape index (κ3) is 5.83. The molecule has 2 aromatic heterocycles. The summed E-state index contributed by atoms with van der Waals surface area (Å²) in [7, 11) is 0. The number of anilines is 2. The summed E-state index contributed by atoms with van der Waals surface area (Å²) < 4.78 is 7.03. The fourth-order valence-electron chi connectivity index (χ4n) is 4.45. The van der Waals surface area contributed by atoms with Gasteiger partial charge in [0.15, 0.2) is 5.82 Å². The molecule has 1 amide bonds. The molecule has 1 aliphatic heterocycles. The number of aromatic nitrogens is 4. The molecule has 0 saturated carbocycles. The lowest BCUT2D eigenvalue weighted by Gasteiger charge is -2.38. The molecule has 0 bridgehead atoms. The lowest BCUT2D eigenvalue weighted by atomic mass is 10.1. The molecule has 3 heterocycles. The molecule has 3 N–H and O–H groups in total. The normalized spacial score (nSPS) is 14.7. The Labute approximate surface area is 231 Å². The first-order valence-corrected chi connectivity index (χ1v) is 13.1. The predicted octanol–water partition coefficient (Wildman–Crippen LogP) is 3.35. The number of nitriles is 1. The number of nitrogen functional groups attached to an aromatic ring is 1. The zero-order valence-electron chi connectivity index (χ0n) is 22.7. The number of hydrogen-bond donors (Lipinski definition) is 2. The second-order valence-electron chi connectivity index (χ2n) is 10.2. The highest BCUT2D eigenvalue weighted by Crippen LogP contribution is 2.27. The highest BCUT2D eigenvalue weighted by molar-refractivity contribution is 6.35. The van der Waals surface area contributed by atoms with Gasteiger partial charge in [0.25, 0.3) is 5.56 Å². The van der Waals surface area contributed by atoms with E-state index in [1.807, 2.05) is 32.7 Å². The van der Waals surface area contributed by atoms with Gasteiger partial charge in [-0.15, -0.1) is 0 Å². The Bertz CT molecular complexity index is 1500. The number of ether oxygens (including phenoxy) is 1. The van der Waals surface area contributed by atoms with Crippen molar-refractivity contribution in [1.29, 1.82) is 5.26 Å². The molecule has 1 aliphatic rings. The minimum atomic E-state index is -0.609. The lowest BCUT2D eigenvalue weighted by molar-refractivity contribution is 0.0231. The number of hydrogen-bond acceptors (Lipinski definition) is 10. The van der Waals surface area contributed by atoms with Crippen LogP contribution >= 0.6 is 11.6 Å². The standard InChI is InChI=1S/C26H32ClN9O3/c1-6-18(31-21-16(14-28)15(2)30-24(29)33-21)22-32-19-9-7-8-17(27)20(19)23(37)36(22)35-12-10-34(11-13-35)25(38)39-26(3,4)5/h7-9,18H,6,10-13H2,1-5H3,(H3,29,30,31,33). The largest absolute Gasteiger partial charge is 0.444 e. The summed E-state index contributed by atoms with van der Waals surface area (Å²) in [4.78, 5) is 41.3. The molecule has 1 unspecified atom stereocenters. The second-order valence-corrected chi connectivity index (χ2v) is 10.7. The van der Waals surface area contributed by atoms with Gasteiger partial charge in [0, 0.05) is 13.1 Å². The van der Waals surface area contributed by atoms with Gasteiger partial charge in [0.2, 0.25) is 5.95 Å². The molecule has 3 aromatic rings. The SMILES string of the molecule is CCC(Nc1nc(N)nc(C)c1C#N)c1nc2cccc(Cl)c2c(=O)n1N1CCN(C(=O)OC(C)(C)C)CC1. The van der Waals surface area contributed by atoms with Crippen LogP contribution in [0.15, 0.2) is 23.0 Å². The van der Waals surface area contributed by atoms with E-state index in [0.717, 1.165) is 0 Å². The molecular formula is C26H32ClN9O3. The van der Waals surface area contributed by atoms with Gasteiger partial charge < -0.3 is 25.7 Å². The summed E-state index contributed by atoms with van der Waals surface area (Å²) in [6.45, 7) is 10.5. The first-order chi connectivity index (χ1) is 18.4. The average Bonchev–Trinajstić information content (AvgIpc) is 2.86. The van der Waals surface area contributed by atoms with E-state index in [9.17, 15) is 14.9 Å². The second kappa shape index (κ2) is 10.9. The fourth-order valence-corrected chi connectivity index (χ4v) is 4.70. The average molecular weight is 554 g/mol. The Morgan fingerprint density at radius 2 is 1.92 bits per heavy atom. The molecule has 39 heavy (non-hydrogen) atoms. The van der Waals surface area contributed by atoms with E-state index in [0.29, 0.717) is 60.0 Å². The number of rotatable bonds is 5. The first kappa shape index (κ1) is 27.9. The van der Waals surface area contributed by atoms with Gasteiger partial charge in [0.1, 0.15) is 23.1 Å². The Hall–Kier alpha value is -4.11. The first-order valence-electron chi connectivity index (χ1n) is 12.7. The van der Waals surface area contributed by atoms with Gasteiger partial charge in [-0.1, -0.05) is 24.6 Å². The van der Waals surface area contributed by atoms with E-state index in [1.165, 1.54) is 4.68 Å². The summed E-state index contributed by atoms with van der Waals surface area (Å²) in [6, 6.07) is 6.72. The van der Waals surface area contributed by atoms with Gasteiger partial charge in [-0.3, -0.25) is 4.79 Å². The molecule has 1 aromatic carbocycles. The van der Waals surface area contributed by atoms with Gasteiger partial charge in [0.05, 0.1) is 40.8 Å². The summed E-state index contributed by atoms with van der Waals surface area (Å²) in [6.07, 6.45) is 0.104.